The molecule has 1 aliphatic rings. The number of amides is 1. The van der Waals surface area contributed by atoms with Crippen LogP contribution in [0, 0.1) is 0 Å². The Hall–Kier alpha value is -0.780. The summed E-state index contributed by atoms with van der Waals surface area (Å²) < 4.78 is 0.153. The van der Waals surface area contributed by atoms with Crippen molar-refractivity contribution in [3.05, 3.63) is 30.3 Å². The minimum Gasteiger partial charge on any atom is -0.368 e. The van der Waals surface area contributed by atoms with Crippen molar-refractivity contribution in [2.24, 2.45) is 0 Å². The first kappa shape index (κ1) is 10.7. The number of nitrogens with zero attached hydrogens (tertiary/aromatic N) is 2. The monoisotopic (exact) mass is 316 g/mol. The van der Waals surface area contributed by atoms with Crippen molar-refractivity contribution in [3.8, 4) is 0 Å². The molecule has 3 nitrogen and oxygen atoms in total. The second kappa shape index (κ2) is 4.83. The summed E-state index contributed by atoms with van der Waals surface area (Å²) in [6, 6.07) is 10.3. The van der Waals surface area contributed by atoms with Crippen LogP contribution < -0.4 is 4.90 Å². The lowest BCUT2D eigenvalue weighted by Gasteiger charge is -2.35. The van der Waals surface area contributed by atoms with E-state index in [1.807, 2.05) is 45.7 Å². The third kappa shape index (κ3) is 2.62. The Morgan fingerprint density at radius 2 is 1.67 bits per heavy atom. The van der Waals surface area contributed by atoms with Gasteiger partial charge in [0.05, 0.1) is 0 Å². The first-order chi connectivity index (χ1) is 7.27. The molecule has 1 amide bonds. The van der Waals surface area contributed by atoms with Crippen molar-refractivity contribution in [1.82, 2.24) is 4.90 Å². The van der Waals surface area contributed by atoms with E-state index in [9.17, 15) is 4.79 Å². The van der Waals surface area contributed by atoms with E-state index in [1.54, 1.807) is 0 Å². The highest BCUT2D eigenvalue weighted by atomic mass is 127. The van der Waals surface area contributed by atoms with Gasteiger partial charge in [0.15, 0.2) is 0 Å². The predicted molar refractivity (Wildman–Crippen MR) is 69.6 cm³/mol. The summed E-state index contributed by atoms with van der Waals surface area (Å²) in [6.45, 7) is 3.52. The maximum Gasteiger partial charge on any atom is 0.283 e. The van der Waals surface area contributed by atoms with Crippen LogP contribution in [0.3, 0.4) is 0 Å². The number of hydrogen-bond acceptors (Lipinski definition) is 2. The van der Waals surface area contributed by atoms with Gasteiger partial charge < -0.3 is 9.80 Å². The van der Waals surface area contributed by atoms with E-state index in [1.165, 1.54) is 5.69 Å². The van der Waals surface area contributed by atoms with Gasteiger partial charge in [-0.25, -0.2) is 0 Å². The van der Waals surface area contributed by atoms with Gasteiger partial charge in [0.25, 0.3) is 3.91 Å². The molecular formula is C11H13IN2O. The Labute approximate surface area is 103 Å². The van der Waals surface area contributed by atoms with Crippen LogP contribution >= 0.6 is 22.6 Å². The van der Waals surface area contributed by atoms with Gasteiger partial charge in [-0.2, -0.15) is 0 Å². The Morgan fingerprint density at radius 3 is 2.20 bits per heavy atom. The second-order valence-corrected chi connectivity index (χ2v) is 4.49. The van der Waals surface area contributed by atoms with Crippen LogP contribution in [0.15, 0.2) is 30.3 Å². The highest BCUT2D eigenvalue weighted by Gasteiger charge is 2.18. The molecule has 4 heteroatoms. The number of carbonyl (C=O) groups is 1. The summed E-state index contributed by atoms with van der Waals surface area (Å²) in [6.07, 6.45) is 0. The van der Waals surface area contributed by atoms with Crippen molar-refractivity contribution >= 4 is 32.2 Å². The van der Waals surface area contributed by atoms with Crippen molar-refractivity contribution in [3.63, 3.8) is 0 Å². The van der Waals surface area contributed by atoms with E-state index >= 15 is 0 Å². The van der Waals surface area contributed by atoms with Crippen LogP contribution in [0.1, 0.15) is 0 Å². The number of piperazine rings is 1. The topological polar surface area (TPSA) is 23.6 Å². The zero-order chi connectivity index (χ0) is 10.7. The first-order valence-electron chi connectivity index (χ1n) is 5.02. The van der Waals surface area contributed by atoms with Crippen molar-refractivity contribution in [2.45, 2.75) is 0 Å². The summed E-state index contributed by atoms with van der Waals surface area (Å²) >= 11 is 1.85. The Morgan fingerprint density at radius 1 is 1.07 bits per heavy atom. The summed E-state index contributed by atoms with van der Waals surface area (Å²) in [4.78, 5) is 15.3. The summed E-state index contributed by atoms with van der Waals surface area (Å²) in [5.74, 6) is 0. The van der Waals surface area contributed by atoms with Crippen molar-refractivity contribution in [2.75, 3.05) is 31.1 Å². The number of rotatable bonds is 1. The zero-order valence-corrected chi connectivity index (χ0v) is 10.6. The van der Waals surface area contributed by atoms with Gasteiger partial charge in [0.1, 0.15) is 0 Å². The van der Waals surface area contributed by atoms with Gasteiger partial charge >= 0.3 is 0 Å². The number of benzene rings is 1. The van der Waals surface area contributed by atoms with E-state index in [4.69, 9.17) is 0 Å². The highest BCUT2D eigenvalue weighted by Crippen LogP contribution is 2.16. The molecule has 2 rings (SSSR count). The average molecular weight is 316 g/mol. The molecule has 0 radical (unpaired) electrons. The fraction of sp³-hybridized carbons (Fsp3) is 0.364. The van der Waals surface area contributed by atoms with E-state index < -0.39 is 0 Å². The molecular weight excluding hydrogens is 303 g/mol. The zero-order valence-electron chi connectivity index (χ0n) is 8.40. The molecule has 0 saturated carbocycles. The highest BCUT2D eigenvalue weighted by molar-refractivity contribution is 14.1. The number of halogens is 1. The molecule has 1 heterocycles. The molecule has 1 fully saturated rings. The molecule has 0 atom stereocenters. The van der Waals surface area contributed by atoms with Crippen LogP contribution in [0.2, 0.25) is 0 Å². The third-order valence-corrected chi connectivity index (χ3v) is 3.33. The molecule has 1 aliphatic heterocycles. The van der Waals surface area contributed by atoms with Gasteiger partial charge in [-0.05, 0) is 12.1 Å². The molecule has 0 spiro atoms. The standard InChI is InChI=1S/C11H13IN2O/c12-11(15)14-8-6-13(7-9-14)10-4-2-1-3-5-10/h1-5H,6-9H2. The molecule has 80 valence electrons. The normalized spacial score (nSPS) is 16.6. The minimum absolute atomic E-state index is 0.153. The van der Waals surface area contributed by atoms with Gasteiger partial charge in [-0.1, -0.05) is 18.2 Å². The smallest absolute Gasteiger partial charge is 0.283 e. The summed E-state index contributed by atoms with van der Waals surface area (Å²) in [7, 11) is 0. The van der Waals surface area contributed by atoms with Gasteiger partial charge in [0.2, 0.25) is 0 Å². The fourth-order valence-electron chi connectivity index (χ4n) is 1.78. The van der Waals surface area contributed by atoms with Crippen molar-refractivity contribution in [1.29, 1.82) is 0 Å². The SMILES string of the molecule is O=C(I)N1CCN(c2ccccc2)CC1. The number of para-hydroxylation sites is 1. The van der Waals surface area contributed by atoms with Crippen LogP contribution in [-0.2, 0) is 0 Å². The summed E-state index contributed by atoms with van der Waals surface area (Å²) in [5, 5.41) is 0. The fourth-order valence-corrected chi connectivity index (χ4v) is 2.26. The number of carbonyl (C=O) groups excluding carboxylic acids is 1. The van der Waals surface area contributed by atoms with Crippen LogP contribution in [-0.4, -0.2) is 35.0 Å². The van der Waals surface area contributed by atoms with Crippen LogP contribution in [0.4, 0.5) is 10.5 Å². The van der Waals surface area contributed by atoms with Crippen molar-refractivity contribution < 1.29 is 4.79 Å². The van der Waals surface area contributed by atoms with E-state index in [-0.39, 0.29) is 3.91 Å². The molecule has 0 aromatic heterocycles. The maximum absolute atomic E-state index is 11.1. The Bertz CT molecular complexity index is 334. The lowest BCUT2D eigenvalue weighted by molar-refractivity contribution is 0.222. The van der Waals surface area contributed by atoms with Gasteiger partial charge in [0, 0.05) is 54.5 Å². The Kier molecular flexibility index (Phi) is 3.45. The summed E-state index contributed by atoms with van der Waals surface area (Å²) in [5.41, 5.74) is 1.25. The van der Waals surface area contributed by atoms with E-state index in [2.05, 4.69) is 17.0 Å². The molecule has 0 unspecified atom stereocenters. The lowest BCUT2D eigenvalue weighted by atomic mass is 10.2. The quantitative estimate of drug-likeness (QED) is 0.451. The average Bonchev–Trinajstić information content (AvgIpc) is 2.30. The number of anilines is 1. The molecule has 1 aromatic carbocycles. The Balaban J connectivity index is 1.97. The van der Waals surface area contributed by atoms with Gasteiger partial charge in [-0.15, -0.1) is 0 Å². The molecule has 15 heavy (non-hydrogen) atoms. The maximum atomic E-state index is 11.1. The van der Waals surface area contributed by atoms with Crippen LogP contribution in [0.25, 0.3) is 0 Å². The molecule has 0 bridgehead atoms. The largest absolute Gasteiger partial charge is 0.368 e. The molecule has 1 aromatic rings. The van der Waals surface area contributed by atoms with Crippen LogP contribution in [0.5, 0.6) is 0 Å². The molecule has 0 N–H and O–H groups in total. The first-order valence-corrected chi connectivity index (χ1v) is 6.09. The molecule has 0 aliphatic carbocycles. The van der Waals surface area contributed by atoms with Gasteiger partial charge in [-0.3, -0.25) is 4.79 Å². The third-order valence-electron chi connectivity index (χ3n) is 2.65. The lowest BCUT2D eigenvalue weighted by Crippen LogP contribution is -2.47. The minimum atomic E-state index is 0.153. The number of hydrogen-bond donors (Lipinski definition) is 0. The van der Waals surface area contributed by atoms with E-state index in [0.29, 0.717) is 0 Å². The molecule has 1 saturated heterocycles. The predicted octanol–water partition coefficient (Wildman–Crippen LogP) is 2.36. The second-order valence-electron chi connectivity index (χ2n) is 3.56. The van der Waals surface area contributed by atoms with E-state index in [0.717, 1.165) is 26.2 Å².